The van der Waals surface area contributed by atoms with Gasteiger partial charge in [-0.2, -0.15) is 5.26 Å². The summed E-state index contributed by atoms with van der Waals surface area (Å²) in [6, 6.07) is 2.10. The van der Waals surface area contributed by atoms with Crippen LogP contribution in [0, 0.1) is 11.3 Å². The van der Waals surface area contributed by atoms with Gasteiger partial charge in [0.15, 0.2) is 5.16 Å². The maximum atomic E-state index is 12.3. The van der Waals surface area contributed by atoms with Crippen molar-refractivity contribution >= 4 is 40.0 Å². The number of carbonyl (C=O) groups is 1. The number of ether oxygens (including phenoxy) is 2. The third-order valence-corrected chi connectivity index (χ3v) is 6.29. The fourth-order valence-electron chi connectivity index (χ4n) is 2.91. The van der Waals surface area contributed by atoms with Crippen LogP contribution in [0.15, 0.2) is 5.16 Å². The molecule has 0 aromatic carbocycles. The Morgan fingerprint density at radius 3 is 2.79 bits per heavy atom. The van der Waals surface area contributed by atoms with Crippen LogP contribution in [0.2, 0.25) is 0 Å². The fraction of sp³-hybridized carbons (Fsp3) is 0.529. The van der Waals surface area contributed by atoms with Gasteiger partial charge in [-0.05, 0) is 13.8 Å². The average Bonchev–Trinajstić information content (AvgIpc) is 3.27. The normalized spacial score (nSPS) is 14.1. The van der Waals surface area contributed by atoms with Gasteiger partial charge < -0.3 is 20.1 Å². The minimum Gasteiger partial charge on any atom is -0.462 e. The third-order valence-electron chi connectivity index (χ3n) is 4.26. The van der Waals surface area contributed by atoms with E-state index in [0.717, 1.165) is 35.5 Å². The molecular weight excluding hydrogens is 400 g/mol. The lowest BCUT2D eigenvalue weighted by Gasteiger charge is -2.27. The molecule has 0 saturated carbocycles. The minimum absolute atomic E-state index is 0.262. The summed E-state index contributed by atoms with van der Waals surface area (Å²) in [6.07, 6.45) is 0. The topological polar surface area (TPSA) is 119 Å². The van der Waals surface area contributed by atoms with Crippen LogP contribution in [0.5, 0.6) is 0 Å². The fourth-order valence-corrected chi connectivity index (χ4v) is 4.95. The van der Waals surface area contributed by atoms with E-state index in [-0.39, 0.29) is 6.61 Å². The van der Waals surface area contributed by atoms with E-state index in [4.69, 9.17) is 15.2 Å². The lowest BCUT2D eigenvalue weighted by Crippen LogP contribution is -2.38. The number of nitrogens with two attached hydrogens (primary N) is 1. The summed E-state index contributed by atoms with van der Waals surface area (Å²) in [5.74, 6) is 0.734. The zero-order chi connectivity index (χ0) is 20.1. The molecule has 2 N–H and O–H groups in total. The highest BCUT2D eigenvalue weighted by molar-refractivity contribution is 7.98. The standard InChI is InChI=1S/C17H22N6O3S2/c1-3-23-16(22-5-7-25-8-6-22)20-21-17(23)27-10-12-11(9-18)14(19)28-13(12)15(24)26-4-2/h3-8,10,19H2,1-2H3. The maximum absolute atomic E-state index is 12.3. The van der Waals surface area contributed by atoms with Crippen LogP contribution in [0.4, 0.5) is 10.9 Å². The summed E-state index contributed by atoms with van der Waals surface area (Å²) < 4.78 is 12.5. The quantitative estimate of drug-likeness (QED) is 0.528. The minimum atomic E-state index is -0.456. The van der Waals surface area contributed by atoms with E-state index >= 15 is 0 Å². The molecule has 0 radical (unpaired) electrons. The first kappa shape index (κ1) is 20.4. The Bertz CT molecular complexity index is 882. The maximum Gasteiger partial charge on any atom is 0.348 e. The van der Waals surface area contributed by atoms with Gasteiger partial charge in [0, 0.05) is 31.0 Å². The molecule has 2 aromatic heterocycles. The molecule has 28 heavy (non-hydrogen) atoms. The molecule has 1 aliphatic rings. The van der Waals surface area contributed by atoms with Crippen molar-refractivity contribution in [3.05, 3.63) is 16.0 Å². The number of nitrogen functional groups attached to an aromatic ring is 1. The second-order valence-corrected chi connectivity index (χ2v) is 7.89. The summed E-state index contributed by atoms with van der Waals surface area (Å²) in [6.45, 7) is 7.63. The lowest BCUT2D eigenvalue weighted by atomic mass is 10.2. The van der Waals surface area contributed by atoms with Crippen molar-refractivity contribution in [2.45, 2.75) is 31.3 Å². The number of carbonyl (C=O) groups excluding carboxylic acids is 1. The Morgan fingerprint density at radius 1 is 1.39 bits per heavy atom. The largest absolute Gasteiger partial charge is 0.462 e. The molecule has 3 heterocycles. The summed E-state index contributed by atoms with van der Waals surface area (Å²) >= 11 is 2.51. The van der Waals surface area contributed by atoms with Crippen molar-refractivity contribution in [2.24, 2.45) is 0 Å². The van der Waals surface area contributed by atoms with E-state index in [1.165, 1.54) is 11.8 Å². The number of morpholine rings is 1. The number of esters is 1. The average molecular weight is 423 g/mol. The molecule has 150 valence electrons. The van der Waals surface area contributed by atoms with Crippen molar-refractivity contribution in [3.63, 3.8) is 0 Å². The van der Waals surface area contributed by atoms with Crippen molar-refractivity contribution < 1.29 is 14.3 Å². The number of nitriles is 1. The number of thiophene rings is 1. The van der Waals surface area contributed by atoms with Crippen LogP contribution in [0.1, 0.15) is 34.6 Å². The van der Waals surface area contributed by atoms with Gasteiger partial charge in [-0.1, -0.05) is 11.8 Å². The number of anilines is 2. The van der Waals surface area contributed by atoms with Crippen LogP contribution in [-0.4, -0.2) is 53.6 Å². The first-order valence-corrected chi connectivity index (χ1v) is 10.8. The molecule has 0 aliphatic carbocycles. The SMILES string of the molecule is CCOC(=O)c1sc(N)c(C#N)c1CSc1nnc(N2CCOCC2)n1CC. The van der Waals surface area contributed by atoms with E-state index in [9.17, 15) is 10.1 Å². The highest BCUT2D eigenvalue weighted by Crippen LogP contribution is 2.36. The molecule has 0 amide bonds. The number of rotatable bonds is 7. The van der Waals surface area contributed by atoms with Gasteiger partial charge in [0.25, 0.3) is 0 Å². The number of aromatic nitrogens is 3. The van der Waals surface area contributed by atoms with Gasteiger partial charge in [0.05, 0.1) is 25.4 Å². The molecule has 3 rings (SSSR count). The van der Waals surface area contributed by atoms with Gasteiger partial charge in [0.2, 0.25) is 5.95 Å². The first-order valence-electron chi connectivity index (χ1n) is 8.97. The summed E-state index contributed by atoms with van der Waals surface area (Å²) in [5.41, 5.74) is 6.86. The van der Waals surface area contributed by atoms with Crippen LogP contribution in [0.25, 0.3) is 0 Å². The first-order chi connectivity index (χ1) is 13.6. The van der Waals surface area contributed by atoms with Gasteiger partial charge in [0.1, 0.15) is 15.9 Å². The second-order valence-electron chi connectivity index (χ2n) is 5.90. The molecular formula is C17H22N6O3S2. The Balaban J connectivity index is 1.83. The van der Waals surface area contributed by atoms with E-state index in [2.05, 4.69) is 21.2 Å². The van der Waals surface area contributed by atoms with Gasteiger partial charge >= 0.3 is 5.97 Å². The van der Waals surface area contributed by atoms with E-state index in [0.29, 0.717) is 46.5 Å². The van der Waals surface area contributed by atoms with E-state index in [1.54, 1.807) is 6.92 Å². The predicted octanol–water partition coefficient (Wildman–Crippen LogP) is 2.12. The summed E-state index contributed by atoms with van der Waals surface area (Å²) in [5, 5.41) is 19.2. The van der Waals surface area contributed by atoms with Crippen molar-refractivity contribution in [3.8, 4) is 6.07 Å². The number of nitrogens with zero attached hydrogens (tertiary/aromatic N) is 5. The highest BCUT2D eigenvalue weighted by Gasteiger charge is 2.25. The van der Waals surface area contributed by atoms with Crippen molar-refractivity contribution in [2.75, 3.05) is 43.5 Å². The zero-order valence-electron chi connectivity index (χ0n) is 15.8. The Hall–Kier alpha value is -2.29. The molecule has 1 saturated heterocycles. The van der Waals surface area contributed by atoms with Gasteiger partial charge in [-0.25, -0.2) is 4.79 Å². The molecule has 0 bridgehead atoms. The molecule has 1 aliphatic heterocycles. The number of hydrogen-bond donors (Lipinski definition) is 1. The van der Waals surface area contributed by atoms with Crippen LogP contribution in [0.3, 0.4) is 0 Å². The van der Waals surface area contributed by atoms with Gasteiger partial charge in [-0.15, -0.1) is 21.5 Å². The molecule has 1 fully saturated rings. The second kappa shape index (κ2) is 9.27. The Morgan fingerprint density at radius 2 is 2.14 bits per heavy atom. The number of hydrogen-bond acceptors (Lipinski definition) is 10. The summed E-state index contributed by atoms with van der Waals surface area (Å²) in [4.78, 5) is 14.8. The Kier molecular flexibility index (Phi) is 6.77. The monoisotopic (exact) mass is 422 g/mol. The summed E-state index contributed by atoms with van der Waals surface area (Å²) in [7, 11) is 0. The van der Waals surface area contributed by atoms with Gasteiger partial charge in [-0.3, -0.25) is 4.57 Å². The van der Waals surface area contributed by atoms with Crippen LogP contribution in [-0.2, 0) is 21.8 Å². The molecule has 9 nitrogen and oxygen atoms in total. The van der Waals surface area contributed by atoms with E-state index < -0.39 is 5.97 Å². The van der Waals surface area contributed by atoms with Crippen molar-refractivity contribution in [1.29, 1.82) is 5.26 Å². The zero-order valence-corrected chi connectivity index (χ0v) is 17.4. The highest BCUT2D eigenvalue weighted by atomic mass is 32.2. The molecule has 0 atom stereocenters. The Labute approximate surface area is 171 Å². The third kappa shape index (κ3) is 4.09. The molecule has 2 aromatic rings. The molecule has 11 heteroatoms. The molecule has 0 spiro atoms. The van der Waals surface area contributed by atoms with Crippen LogP contribution < -0.4 is 10.6 Å². The van der Waals surface area contributed by atoms with Crippen LogP contribution >= 0.6 is 23.1 Å². The predicted molar refractivity (Wildman–Crippen MR) is 108 cm³/mol. The number of thioether (sulfide) groups is 1. The smallest absolute Gasteiger partial charge is 0.348 e. The molecule has 0 unspecified atom stereocenters. The lowest BCUT2D eigenvalue weighted by molar-refractivity contribution is 0.0531. The van der Waals surface area contributed by atoms with E-state index in [1.807, 2.05) is 11.5 Å². The van der Waals surface area contributed by atoms with Crippen molar-refractivity contribution in [1.82, 2.24) is 14.8 Å².